The largest absolute Gasteiger partial charge is 0.338 e. The zero-order valence-corrected chi connectivity index (χ0v) is 13.6. The van der Waals surface area contributed by atoms with Gasteiger partial charge in [-0.25, -0.2) is 0 Å². The number of nitrogens with zero attached hydrogens (tertiary/aromatic N) is 2. The van der Waals surface area contributed by atoms with Crippen LogP contribution in [0.3, 0.4) is 0 Å². The molecule has 0 unspecified atom stereocenters. The van der Waals surface area contributed by atoms with Gasteiger partial charge in [-0.1, -0.05) is 21.1 Å². The van der Waals surface area contributed by atoms with Crippen molar-refractivity contribution in [1.82, 2.24) is 10.1 Å². The summed E-state index contributed by atoms with van der Waals surface area (Å²) >= 11 is 5.17. The van der Waals surface area contributed by atoms with E-state index in [1.165, 1.54) is 10.5 Å². The molecule has 2 N–H and O–H groups in total. The van der Waals surface area contributed by atoms with Gasteiger partial charge >= 0.3 is 0 Å². The molecule has 1 fully saturated rings. The van der Waals surface area contributed by atoms with E-state index in [1.807, 2.05) is 6.07 Å². The van der Waals surface area contributed by atoms with Crippen LogP contribution in [-0.4, -0.2) is 10.1 Å². The molecule has 0 atom stereocenters. The minimum absolute atomic E-state index is 0.347. The molecule has 0 spiro atoms. The van der Waals surface area contributed by atoms with E-state index >= 15 is 0 Å². The fourth-order valence-corrected chi connectivity index (χ4v) is 3.53. The Morgan fingerprint density at radius 2 is 2.25 bits per heavy atom. The molecule has 1 aliphatic rings. The standard InChI is InChI=1S/C14H16BrN3OS/c1-9-7-10(15)3-4-11(9)20-8-12-17-13(18-19-12)14(16)5-2-6-14/h3-4,7H,2,5-6,8,16H2,1H3. The van der Waals surface area contributed by atoms with Crippen molar-refractivity contribution in [3.05, 3.63) is 40.0 Å². The summed E-state index contributed by atoms with van der Waals surface area (Å²) < 4.78 is 6.39. The predicted octanol–water partition coefficient (Wildman–Crippen LogP) is 3.77. The monoisotopic (exact) mass is 353 g/mol. The van der Waals surface area contributed by atoms with Crippen molar-refractivity contribution in [3.8, 4) is 0 Å². The summed E-state index contributed by atoms with van der Waals surface area (Å²) in [4.78, 5) is 5.65. The molecule has 0 radical (unpaired) electrons. The van der Waals surface area contributed by atoms with Crippen LogP contribution >= 0.6 is 27.7 Å². The second-order valence-corrected chi connectivity index (χ2v) is 7.15. The molecule has 4 nitrogen and oxygen atoms in total. The van der Waals surface area contributed by atoms with E-state index in [0.29, 0.717) is 17.5 Å². The van der Waals surface area contributed by atoms with Crippen LogP contribution in [0.15, 0.2) is 32.1 Å². The Morgan fingerprint density at radius 1 is 1.45 bits per heavy atom. The van der Waals surface area contributed by atoms with Crippen LogP contribution in [0.4, 0.5) is 0 Å². The maximum atomic E-state index is 6.19. The second-order valence-electron chi connectivity index (χ2n) is 5.22. The molecule has 1 aromatic carbocycles. The lowest BCUT2D eigenvalue weighted by Gasteiger charge is -2.34. The normalized spacial score (nSPS) is 16.9. The van der Waals surface area contributed by atoms with Crippen LogP contribution in [0.25, 0.3) is 0 Å². The molecular formula is C14H16BrN3OS. The highest BCUT2D eigenvalue weighted by atomic mass is 79.9. The van der Waals surface area contributed by atoms with Gasteiger partial charge in [0.2, 0.25) is 5.89 Å². The molecule has 1 heterocycles. The average Bonchev–Trinajstić information content (AvgIpc) is 2.84. The van der Waals surface area contributed by atoms with Crippen LogP contribution in [0.2, 0.25) is 0 Å². The predicted molar refractivity (Wildman–Crippen MR) is 82.5 cm³/mol. The SMILES string of the molecule is Cc1cc(Br)ccc1SCc1nc(C2(N)CCC2)no1. The number of aromatic nitrogens is 2. The highest BCUT2D eigenvalue weighted by Gasteiger charge is 2.38. The number of rotatable bonds is 4. The molecule has 6 heteroatoms. The summed E-state index contributed by atoms with van der Waals surface area (Å²) in [6.07, 6.45) is 3.04. The minimum atomic E-state index is -0.347. The Kier molecular flexibility index (Phi) is 3.88. The molecule has 0 saturated heterocycles. The summed E-state index contributed by atoms with van der Waals surface area (Å²) in [6, 6.07) is 6.24. The van der Waals surface area contributed by atoms with E-state index in [0.717, 1.165) is 23.7 Å². The third kappa shape index (κ3) is 2.77. The van der Waals surface area contributed by atoms with E-state index in [4.69, 9.17) is 10.3 Å². The van der Waals surface area contributed by atoms with Crippen LogP contribution < -0.4 is 5.73 Å². The van der Waals surface area contributed by atoms with E-state index < -0.39 is 0 Å². The highest BCUT2D eigenvalue weighted by molar-refractivity contribution is 9.10. The van der Waals surface area contributed by atoms with Gasteiger partial charge in [0.15, 0.2) is 5.82 Å². The number of halogens is 1. The van der Waals surface area contributed by atoms with Crippen LogP contribution in [0.1, 0.15) is 36.5 Å². The summed E-state index contributed by atoms with van der Waals surface area (Å²) in [5.41, 5.74) is 7.08. The lowest BCUT2D eigenvalue weighted by Crippen LogP contribution is -2.44. The first-order valence-electron chi connectivity index (χ1n) is 6.58. The number of benzene rings is 1. The summed E-state index contributed by atoms with van der Waals surface area (Å²) in [5, 5.41) is 4.03. The van der Waals surface area contributed by atoms with Crippen LogP contribution in [0.5, 0.6) is 0 Å². The van der Waals surface area contributed by atoms with Gasteiger partial charge in [-0.15, -0.1) is 11.8 Å². The molecule has 0 bridgehead atoms. The molecule has 1 aliphatic carbocycles. The first-order chi connectivity index (χ1) is 9.57. The first kappa shape index (κ1) is 14.1. The number of nitrogens with two attached hydrogens (primary N) is 1. The lowest BCUT2D eigenvalue weighted by atomic mass is 9.77. The molecule has 1 saturated carbocycles. The molecule has 2 aromatic rings. The fourth-order valence-electron chi connectivity index (χ4n) is 2.21. The molecule has 3 rings (SSSR count). The fraction of sp³-hybridized carbons (Fsp3) is 0.429. The molecule has 0 amide bonds. The van der Waals surface area contributed by atoms with E-state index in [1.54, 1.807) is 11.8 Å². The van der Waals surface area contributed by atoms with E-state index in [2.05, 4.69) is 45.1 Å². The van der Waals surface area contributed by atoms with Gasteiger partial charge in [0.1, 0.15) is 0 Å². The number of thioether (sulfide) groups is 1. The van der Waals surface area contributed by atoms with Crippen molar-refractivity contribution in [1.29, 1.82) is 0 Å². The maximum Gasteiger partial charge on any atom is 0.237 e. The molecule has 1 aromatic heterocycles. The number of hydrogen-bond donors (Lipinski definition) is 1. The molecule has 0 aliphatic heterocycles. The van der Waals surface area contributed by atoms with E-state index in [-0.39, 0.29) is 5.54 Å². The van der Waals surface area contributed by atoms with Gasteiger partial charge in [-0.05, 0) is 49.9 Å². The van der Waals surface area contributed by atoms with E-state index in [9.17, 15) is 0 Å². The third-order valence-electron chi connectivity index (χ3n) is 3.65. The smallest absolute Gasteiger partial charge is 0.237 e. The number of aryl methyl sites for hydroxylation is 1. The zero-order valence-electron chi connectivity index (χ0n) is 11.2. The zero-order chi connectivity index (χ0) is 14.2. The van der Waals surface area contributed by atoms with Crippen LogP contribution in [-0.2, 0) is 11.3 Å². The summed E-state index contributed by atoms with van der Waals surface area (Å²) in [5.74, 6) is 1.97. The van der Waals surface area contributed by atoms with Gasteiger partial charge in [0, 0.05) is 9.37 Å². The van der Waals surface area contributed by atoms with Gasteiger partial charge in [0.05, 0.1) is 11.3 Å². The molecule has 20 heavy (non-hydrogen) atoms. The topological polar surface area (TPSA) is 64.9 Å². The third-order valence-corrected chi connectivity index (χ3v) is 5.30. The van der Waals surface area contributed by atoms with Gasteiger partial charge in [-0.3, -0.25) is 0 Å². The average molecular weight is 354 g/mol. The Bertz CT molecular complexity index is 625. The maximum absolute atomic E-state index is 6.19. The van der Waals surface area contributed by atoms with Crippen molar-refractivity contribution in [2.75, 3.05) is 0 Å². The summed E-state index contributed by atoms with van der Waals surface area (Å²) in [7, 11) is 0. The molecule has 106 valence electrons. The second kappa shape index (κ2) is 5.50. The Balaban J connectivity index is 1.66. The van der Waals surface area contributed by atoms with Crippen LogP contribution in [0, 0.1) is 6.92 Å². The Hall–Kier alpha value is -0.850. The van der Waals surface area contributed by atoms with Gasteiger partial charge in [0.25, 0.3) is 0 Å². The number of hydrogen-bond acceptors (Lipinski definition) is 5. The Morgan fingerprint density at radius 3 is 2.90 bits per heavy atom. The minimum Gasteiger partial charge on any atom is -0.338 e. The van der Waals surface area contributed by atoms with Gasteiger partial charge < -0.3 is 10.3 Å². The van der Waals surface area contributed by atoms with Crippen molar-refractivity contribution in [2.24, 2.45) is 5.73 Å². The lowest BCUT2D eigenvalue weighted by molar-refractivity contribution is 0.229. The first-order valence-corrected chi connectivity index (χ1v) is 8.36. The van der Waals surface area contributed by atoms with Gasteiger partial charge in [-0.2, -0.15) is 4.98 Å². The highest BCUT2D eigenvalue weighted by Crippen LogP contribution is 2.37. The van der Waals surface area contributed by atoms with Crippen molar-refractivity contribution in [2.45, 2.75) is 42.4 Å². The summed E-state index contributed by atoms with van der Waals surface area (Å²) in [6.45, 7) is 2.09. The molecular weight excluding hydrogens is 338 g/mol. The van der Waals surface area contributed by atoms with Crippen molar-refractivity contribution in [3.63, 3.8) is 0 Å². The quantitative estimate of drug-likeness (QED) is 0.847. The van der Waals surface area contributed by atoms with Crippen molar-refractivity contribution < 1.29 is 4.52 Å². The Labute approximate surface area is 130 Å². The van der Waals surface area contributed by atoms with Crippen molar-refractivity contribution >= 4 is 27.7 Å².